The van der Waals surface area contributed by atoms with Crippen LogP contribution in [0.3, 0.4) is 0 Å². The van der Waals surface area contributed by atoms with Crippen molar-refractivity contribution < 1.29 is 4.42 Å². The molecule has 80 valence electrons. The largest absolute Gasteiger partial charge is 0.469 e. The Morgan fingerprint density at radius 3 is 2.81 bits per heavy atom. The van der Waals surface area contributed by atoms with Crippen molar-refractivity contribution in [3.8, 4) is 0 Å². The molecular weight excluding hydrogens is 196 g/mol. The van der Waals surface area contributed by atoms with Gasteiger partial charge in [0.2, 0.25) is 0 Å². The summed E-state index contributed by atoms with van der Waals surface area (Å²) < 4.78 is 5.38. The summed E-state index contributed by atoms with van der Waals surface area (Å²) in [6.45, 7) is 0. The molecule has 0 amide bonds. The lowest BCUT2D eigenvalue weighted by atomic mass is 9.90. The van der Waals surface area contributed by atoms with Crippen LogP contribution in [0.4, 0.5) is 0 Å². The zero-order valence-corrected chi connectivity index (χ0v) is 9.15. The van der Waals surface area contributed by atoms with E-state index in [-0.39, 0.29) is 0 Å². The van der Waals surface area contributed by atoms with Crippen LogP contribution < -0.4 is 0 Å². The van der Waals surface area contributed by atoms with E-state index in [9.17, 15) is 0 Å². The van der Waals surface area contributed by atoms with Gasteiger partial charge in [0.05, 0.1) is 6.26 Å². The normalized spacial score (nSPS) is 14.4. The van der Waals surface area contributed by atoms with Gasteiger partial charge in [-0.2, -0.15) is 0 Å². The van der Waals surface area contributed by atoms with Crippen LogP contribution in [0.1, 0.15) is 23.3 Å². The summed E-state index contributed by atoms with van der Waals surface area (Å²) >= 11 is 0. The molecule has 0 radical (unpaired) electrons. The summed E-state index contributed by atoms with van der Waals surface area (Å²) in [5.74, 6) is 1.06. The van der Waals surface area contributed by atoms with Crippen molar-refractivity contribution >= 4 is 6.08 Å². The van der Waals surface area contributed by atoms with Crippen molar-refractivity contribution in [2.45, 2.75) is 19.3 Å². The van der Waals surface area contributed by atoms with E-state index in [2.05, 4.69) is 30.3 Å². The summed E-state index contributed by atoms with van der Waals surface area (Å²) in [5.41, 5.74) is 4.30. The van der Waals surface area contributed by atoms with Gasteiger partial charge < -0.3 is 4.42 Å². The molecule has 0 bridgehead atoms. The zero-order chi connectivity index (χ0) is 10.8. The second-order valence-corrected chi connectivity index (χ2v) is 4.26. The van der Waals surface area contributed by atoms with Crippen LogP contribution in [0, 0.1) is 0 Å². The van der Waals surface area contributed by atoms with Gasteiger partial charge >= 0.3 is 0 Å². The molecule has 1 aromatic carbocycles. The van der Waals surface area contributed by atoms with Gasteiger partial charge in [0.25, 0.3) is 0 Å². The monoisotopic (exact) mass is 210 g/mol. The van der Waals surface area contributed by atoms with Crippen LogP contribution in [0.5, 0.6) is 0 Å². The number of allylic oxidation sites excluding steroid dienone is 1. The van der Waals surface area contributed by atoms with Crippen LogP contribution in [0.25, 0.3) is 6.08 Å². The fourth-order valence-electron chi connectivity index (χ4n) is 2.27. The van der Waals surface area contributed by atoms with Gasteiger partial charge in [0.15, 0.2) is 0 Å². The number of furan rings is 1. The molecule has 1 aliphatic carbocycles. The predicted octanol–water partition coefficient (Wildman–Crippen LogP) is 3.85. The second kappa shape index (κ2) is 4.01. The SMILES string of the molecule is C1=C(Cc2ccco2)CCc2ccccc21. The summed E-state index contributed by atoms with van der Waals surface area (Å²) in [6.07, 6.45) is 7.30. The zero-order valence-electron chi connectivity index (χ0n) is 9.15. The third-order valence-corrected chi connectivity index (χ3v) is 3.11. The number of hydrogen-bond donors (Lipinski definition) is 0. The lowest BCUT2D eigenvalue weighted by Crippen LogP contribution is -2.00. The van der Waals surface area contributed by atoms with E-state index >= 15 is 0 Å². The molecule has 1 aromatic heterocycles. The Morgan fingerprint density at radius 1 is 1.00 bits per heavy atom. The molecule has 0 saturated heterocycles. The van der Waals surface area contributed by atoms with Gasteiger partial charge in [-0.1, -0.05) is 35.9 Å². The van der Waals surface area contributed by atoms with E-state index in [1.807, 2.05) is 12.1 Å². The molecule has 2 aromatic rings. The highest BCUT2D eigenvalue weighted by Gasteiger charge is 2.10. The molecule has 16 heavy (non-hydrogen) atoms. The average Bonchev–Trinajstić information content (AvgIpc) is 2.82. The number of rotatable bonds is 2. The molecule has 0 saturated carbocycles. The minimum absolute atomic E-state index is 0.946. The minimum atomic E-state index is 0.946. The molecule has 0 N–H and O–H groups in total. The number of aryl methyl sites for hydroxylation is 1. The average molecular weight is 210 g/mol. The molecule has 1 heteroatoms. The maximum absolute atomic E-state index is 5.38. The van der Waals surface area contributed by atoms with Crippen molar-refractivity contribution in [2.75, 3.05) is 0 Å². The van der Waals surface area contributed by atoms with E-state index in [1.165, 1.54) is 16.7 Å². The Hall–Kier alpha value is -1.76. The summed E-state index contributed by atoms with van der Waals surface area (Å²) in [5, 5.41) is 0. The summed E-state index contributed by atoms with van der Waals surface area (Å²) in [6, 6.07) is 12.6. The smallest absolute Gasteiger partial charge is 0.107 e. The van der Waals surface area contributed by atoms with E-state index in [0.29, 0.717) is 0 Å². The maximum Gasteiger partial charge on any atom is 0.107 e. The second-order valence-electron chi connectivity index (χ2n) is 4.26. The summed E-state index contributed by atoms with van der Waals surface area (Å²) in [7, 11) is 0. The third-order valence-electron chi connectivity index (χ3n) is 3.11. The lowest BCUT2D eigenvalue weighted by Gasteiger charge is -2.15. The minimum Gasteiger partial charge on any atom is -0.469 e. The highest BCUT2D eigenvalue weighted by atomic mass is 16.3. The van der Waals surface area contributed by atoms with Crippen LogP contribution >= 0.6 is 0 Å². The molecule has 1 aliphatic rings. The molecule has 0 atom stereocenters. The highest BCUT2D eigenvalue weighted by molar-refractivity contribution is 5.59. The molecule has 0 fully saturated rings. The molecule has 0 aliphatic heterocycles. The van der Waals surface area contributed by atoms with Gasteiger partial charge in [-0.25, -0.2) is 0 Å². The Balaban J connectivity index is 1.86. The van der Waals surface area contributed by atoms with Crippen molar-refractivity contribution in [3.63, 3.8) is 0 Å². The first kappa shape index (κ1) is 9.46. The van der Waals surface area contributed by atoms with Crippen LogP contribution in [0.2, 0.25) is 0 Å². The van der Waals surface area contributed by atoms with Crippen molar-refractivity contribution in [1.29, 1.82) is 0 Å². The van der Waals surface area contributed by atoms with E-state index in [0.717, 1.165) is 25.0 Å². The van der Waals surface area contributed by atoms with Gasteiger partial charge in [-0.05, 0) is 36.1 Å². The fraction of sp³-hybridized carbons (Fsp3) is 0.200. The van der Waals surface area contributed by atoms with Gasteiger partial charge in [0.1, 0.15) is 5.76 Å². The molecule has 0 spiro atoms. The van der Waals surface area contributed by atoms with Crippen molar-refractivity contribution in [3.05, 3.63) is 65.1 Å². The molecular formula is C15H14O. The first-order valence-electron chi connectivity index (χ1n) is 5.71. The van der Waals surface area contributed by atoms with Gasteiger partial charge in [0, 0.05) is 6.42 Å². The fourth-order valence-corrected chi connectivity index (χ4v) is 2.27. The Bertz CT molecular complexity index is 506. The highest BCUT2D eigenvalue weighted by Crippen LogP contribution is 2.25. The van der Waals surface area contributed by atoms with Crippen LogP contribution in [0.15, 0.2) is 52.7 Å². The molecule has 3 rings (SSSR count). The van der Waals surface area contributed by atoms with Gasteiger partial charge in [-0.3, -0.25) is 0 Å². The van der Waals surface area contributed by atoms with Crippen molar-refractivity contribution in [2.24, 2.45) is 0 Å². The van der Waals surface area contributed by atoms with Crippen LogP contribution in [-0.2, 0) is 12.8 Å². The molecule has 0 unspecified atom stereocenters. The maximum atomic E-state index is 5.38. The molecule has 1 heterocycles. The lowest BCUT2D eigenvalue weighted by molar-refractivity contribution is 0.517. The third kappa shape index (κ3) is 1.81. The molecule has 1 nitrogen and oxygen atoms in total. The first-order valence-corrected chi connectivity index (χ1v) is 5.71. The van der Waals surface area contributed by atoms with Gasteiger partial charge in [-0.15, -0.1) is 0 Å². The quantitative estimate of drug-likeness (QED) is 0.733. The Kier molecular flexibility index (Phi) is 2.37. The standard InChI is InChI=1S/C15H14O/c1-2-5-14-10-12(7-8-13(14)4-1)11-15-6-3-9-16-15/h1-6,9-10H,7-8,11H2. The van der Waals surface area contributed by atoms with Crippen LogP contribution in [-0.4, -0.2) is 0 Å². The number of hydrogen-bond acceptors (Lipinski definition) is 1. The Labute approximate surface area is 95.4 Å². The predicted molar refractivity (Wildman–Crippen MR) is 65.2 cm³/mol. The Morgan fingerprint density at radius 2 is 1.94 bits per heavy atom. The van der Waals surface area contributed by atoms with Crippen molar-refractivity contribution in [1.82, 2.24) is 0 Å². The topological polar surface area (TPSA) is 13.1 Å². The summed E-state index contributed by atoms with van der Waals surface area (Å²) in [4.78, 5) is 0. The van der Waals surface area contributed by atoms with E-state index in [4.69, 9.17) is 4.42 Å². The van der Waals surface area contributed by atoms with E-state index < -0.39 is 0 Å². The first-order chi connectivity index (χ1) is 7.92. The van der Waals surface area contributed by atoms with E-state index in [1.54, 1.807) is 6.26 Å². The number of benzene rings is 1. The number of fused-ring (bicyclic) bond motifs is 1.